The van der Waals surface area contributed by atoms with Crippen molar-refractivity contribution in [3.8, 4) is 5.75 Å². The number of aromatic carboxylic acids is 2. The molecule has 0 amide bonds. The third kappa shape index (κ3) is 3.21. The van der Waals surface area contributed by atoms with Gasteiger partial charge in [0.05, 0.1) is 11.3 Å². The minimum Gasteiger partial charge on any atom is -0.507 e. The number of nitrogens with zero attached hydrogens (tertiary/aromatic N) is 2. The van der Waals surface area contributed by atoms with Crippen LogP contribution in [0, 0.1) is 0 Å². The highest BCUT2D eigenvalue weighted by molar-refractivity contribution is 5.98. The Morgan fingerprint density at radius 2 is 1.48 bits per heavy atom. The van der Waals surface area contributed by atoms with E-state index in [1.165, 1.54) is 0 Å². The van der Waals surface area contributed by atoms with Gasteiger partial charge in [0.25, 0.3) is 0 Å². The maximum absolute atomic E-state index is 11.1. The van der Waals surface area contributed by atoms with Crippen LogP contribution in [0.3, 0.4) is 0 Å². The van der Waals surface area contributed by atoms with E-state index in [0.29, 0.717) is 5.69 Å². The first-order valence-electron chi connectivity index (χ1n) is 5.79. The van der Waals surface area contributed by atoms with Crippen LogP contribution < -0.4 is 0 Å². The molecular formula is C14H10N2O5. The van der Waals surface area contributed by atoms with Gasteiger partial charge in [-0.3, -0.25) is 0 Å². The predicted molar refractivity (Wildman–Crippen MR) is 72.6 cm³/mol. The summed E-state index contributed by atoms with van der Waals surface area (Å²) in [5.74, 6) is -3.37. The number of carboxylic acid groups (broad SMARTS) is 2. The standard InChI is InChI=1S/C14H10N2O5/c17-12-7-9(13(18)19)11(6-10(12)14(20)21)16-15-8-4-2-1-3-5-8/h1-7,17H,(H,18,19)(H,20,21). The summed E-state index contributed by atoms with van der Waals surface area (Å²) in [6.07, 6.45) is 0. The molecule has 7 heteroatoms. The van der Waals surface area contributed by atoms with E-state index in [4.69, 9.17) is 10.2 Å². The van der Waals surface area contributed by atoms with Crippen molar-refractivity contribution < 1.29 is 24.9 Å². The first kappa shape index (κ1) is 14.2. The van der Waals surface area contributed by atoms with E-state index >= 15 is 0 Å². The highest BCUT2D eigenvalue weighted by atomic mass is 16.4. The van der Waals surface area contributed by atoms with E-state index in [9.17, 15) is 14.7 Å². The SMILES string of the molecule is O=C(O)c1cc(N=Nc2ccccc2)c(C(=O)O)cc1O. The van der Waals surface area contributed by atoms with Crippen LogP contribution in [0.15, 0.2) is 52.7 Å². The lowest BCUT2D eigenvalue weighted by atomic mass is 10.1. The average Bonchev–Trinajstić information content (AvgIpc) is 2.46. The molecule has 106 valence electrons. The minimum absolute atomic E-state index is 0.151. The fourth-order valence-electron chi connectivity index (χ4n) is 1.61. The molecule has 0 spiro atoms. The zero-order valence-corrected chi connectivity index (χ0v) is 10.6. The Morgan fingerprint density at radius 1 is 0.857 bits per heavy atom. The van der Waals surface area contributed by atoms with Gasteiger partial charge in [0.1, 0.15) is 17.0 Å². The number of azo groups is 1. The molecule has 0 radical (unpaired) electrons. The lowest BCUT2D eigenvalue weighted by molar-refractivity contribution is 0.0678. The van der Waals surface area contributed by atoms with Gasteiger partial charge >= 0.3 is 11.9 Å². The molecule has 0 aliphatic heterocycles. The van der Waals surface area contributed by atoms with E-state index in [1.54, 1.807) is 30.3 Å². The summed E-state index contributed by atoms with van der Waals surface area (Å²) < 4.78 is 0. The maximum atomic E-state index is 11.1. The first-order valence-corrected chi connectivity index (χ1v) is 5.79. The van der Waals surface area contributed by atoms with Crippen LogP contribution in [0.4, 0.5) is 11.4 Å². The van der Waals surface area contributed by atoms with Crippen LogP contribution in [0.1, 0.15) is 20.7 Å². The Labute approximate surface area is 118 Å². The van der Waals surface area contributed by atoms with Crippen molar-refractivity contribution >= 4 is 23.3 Å². The highest BCUT2D eigenvalue weighted by Crippen LogP contribution is 2.30. The predicted octanol–water partition coefficient (Wildman–Crippen LogP) is 3.20. The van der Waals surface area contributed by atoms with E-state index in [-0.39, 0.29) is 11.3 Å². The molecule has 0 aliphatic rings. The van der Waals surface area contributed by atoms with Gasteiger partial charge in [-0.05, 0) is 24.3 Å². The maximum Gasteiger partial charge on any atom is 0.339 e. The Morgan fingerprint density at radius 3 is 2.05 bits per heavy atom. The molecule has 2 rings (SSSR count). The van der Waals surface area contributed by atoms with Crippen LogP contribution >= 0.6 is 0 Å². The number of aromatic hydroxyl groups is 1. The van der Waals surface area contributed by atoms with Crippen molar-refractivity contribution in [1.82, 2.24) is 0 Å². The fourth-order valence-corrected chi connectivity index (χ4v) is 1.61. The van der Waals surface area contributed by atoms with Gasteiger partial charge in [-0.15, -0.1) is 5.11 Å². The van der Waals surface area contributed by atoms with Crippen molar-refractivity contribution in [2.45, 2.75) is 0 Å². The zero-order valence-electron chi connectivity index (χ0n) is 10.6. The quantitative estimate of drug-likeness (QED) is 0.745. The summed E-state index contributed by atoms with van der Waals surface area (Å²) >= 11 is 0. The number of carboxylic acids is 2. The Kier molecular flexibility index (Phi) is 3.94. The molecule has 0 aliphatic carbocycles. The van der Waals surface area contributed by atoms with Crippen molar-refractivity contribution in [3.05, 3.63) is 53.6 Å². The lowest BCUT2D eigenvalue weighted by Crippen LogP contribution is -2.01. The largest absolute Gasteiger partial charge is 0.507 e. The van der Waals surface area contributed by atoms with E-state index in [2.05, 4.69) is 10.2 Å². The number of carbonyl (C=O) groups is 2. The topological polar surface area (TPSA) is 120 Å². The second kappa shape index (κ2) is 5.83. The number of rotatable bonds is 4. The lowest BCUT2D eigenvalue weighted by Gasteiger charge is -2.04. The second-order valence-corrected chi connectivity index (χ2v) is 4.03. The van der Waals surface area contributed by atoms with Gasteiger partial charge in [0, 0.05) is 0 Å². The number of hydrogen-bond acceptors (Lipinski definition) is 5. The number of benzene rings is 2. The van der Waals surface area contributed by atoms with Crippen molar-refractivity contribution in [1.29, 1.82) is 0 Å². The van der Waals surface area contributed by atoms with Crippen LogP contribution in [0.5, 0.6) is 5.75 Å². The molecule has 0 unspecified atom stereocenters. The van der Waals surface area contributed by atoms with Crippen LogP contribution in [0.2, 0.25) is 0 Å². The monoisotopic (exact) mass is 286 g/mol. The van der Waals surface area contributed by atoms with Gasteiger partial charge < -0.3 is 15.3 Å². The second-order valence-electron chi connectivity index (χ2n) is 4.03. The van der Waals surface area contributed by atoms with Gasteiger partial charge in [-0.1, -0.05) is 18.2 Å². The Hall–Kier alpha value is -3.22. The van der Waals surface area contributed by atoms with Crippen molar-refractivity contribution in [3.63, 3.8) is 0 Å². The molecule has 0 bridgehead atoms. The fraction of sp³-hybridized carbons (Fsp3) is 0. The molecule has 0 saturated carbocycles. The summed E-state index contributed by atoms with van der Waals surface area (Å²) in [5.41, 5.74) is -0.445. The minimum atomic E-state index is -1.39. The summed E-state index contributed by atoms with van der Waals surface area (Å²) in [7, 11) is 0. The van der Waals surface area contributed by atoms with Crippen LogP contribution in [0.25, 0.3) is 0 Å². The van der Waals surface area contributed by atoms with E-state index in [0.717, 1.165) is 12.1 Å². The summed E-state index contributed by atoms with van der Waals surface area (Å²) in [6.45, 7) is 0. The molecule has 0 atom stereocenters. The Bertz CT molecular complexity index is 726. The van der Waals surface area contributed by atoms with Crippen LogP contribution in [-0.4, -0.2) is 27.3 Å². The average molecular weight is 286 g/mol. The third-order valence-electron chi connectivity index (χ3n) is 2.60. The van der Waals surface area contributed by atoms with Crippen molar-refractivity contribution in [2.75, 3.05) is 0 Å². The van der Waals surface area contributed by atoms with Gasteiger partial charge in [0.15, 0.2) is 0 Å². The first-order chi connectivity index (χ1) is 9.99. The number of hydrogen-bond donors (Lipinski definition) is 3. The molecular weight excluding hydrogens is 276 g/mol. The molecule has 0 aromatic heterocycles. The molecule has 21 heavy (non-hydrogen) atoms. The summed E-state index contributed by atoms with van der Waals surface area (Å²) in [4.78, 5) is 22.1. The van der Waals surface area contributed by atoms with E-state index in [1.807, 2.05) is 0 Å². The zero-order chi connectivity index (χ0) is 15.4. The van der Waals surface area contributed by atoms with Crippen molar-refractivity contribution in [2.24, 2.45) is 10.2 Å². The number of phenols is 1. The normalized spacial score (nSPS) is 10.7. The molecule has 3 N–H and O–H groups in total. The van der Waals surface area contributed by atoms with Gasteiger partial charge in [-0.2, -0.15) is 5.11 Å². The van der Waals surface area contributed by atoms with Gasteiger partial charge in [-0.25, -0.2) is 9.59 Å². The molecule has 0 saturated heterocycles. The highest BCUT2D eigenvalue weighted by Gasteiger charge is 2.18. The molecule has 7 nitrogen and oxygen atoms in total. The smallest absolute Gasteiger partial charge is 0.339 e. The molecule has 0 fully saturated rings. The summed E-state index contributed by atoms with van der Waals surface area (Å²) in [5, 5.41) is 35.1. The summed E-state index contributed by atoms with van der Waals surface area (Å²) in [6, 6.07) is 10.4. The van der Waals surface area contributed by atoms with E-state index < -0.39 is 23.3 Å². The van der Waals surface area contributed by atoms with Gasteiger partial charge in [0.2, 0.25) is 0 Å². The molecule has 0 heterocycles. The molecule has 2 aromatic rings. The third-order valence-corrected chi connectivity index (χ3v) is 2.60. The molecule has 2 aromatic carbocycles. The van der Waals surface area contributed by atoms with Crippen LogP contribution in [-0.2, 0) is 0 Å². The Balaban J connectivity index is 2.50.